The van der Waals surface area contributed by atoms with Gasteiger partial charge in [-0.25, -0.2) is 4.98 Å². The van der Waals surface area contributed by atoms with E-state index in [9.17, 15) is 0 Å². The van der Waals surface area contributed by atoms with Gasteiger partial charge in [-0.05, 0) is 24.6 Å². The number of nitrogens with zero attached hydrogens (tertiary/aromatic N) is 5. The Morgan fingerprint density at radius 3 is 3.12 bits per heavy atom. The molecule has 3 aromatic heterocycles. The standard InChI is InChI=1S/C17H19N5OS/c1-13-7-19-22(9-13)11-15-10-21(5-6-23-15)17-20-16(12-24-17)14-3-2-4-18-8-14/h2-4,7-9,12,15H,5-6,10-11H2,1H3. The van der Waals surface area contributed by atoms with Crippen molar-refractivity contribution in [3.63, 3.8) is 0 Å². The molecular weight excluding hydrogens is 322 g/mol. The molecule has 0 spiro atoms. The molecule has 1 atom stereocenters. The Kier molecular flexibility index (Phi) is 4.27. The van der Waals surface area contributed by atoms with E-state index in [1.807, 2.05) is 42.3 Å². The predicted molar refractivity (Wildman–Crippen MR) is 94.3 cm³/mol. The highest BCUT2D eigenvalue weighted by Gasteiger charge is 2.23. The smallest absolute Gasteiger partial charge is 0.186 e. The number of aryl methyl sites for hydroxylation is 1. The van der Waals surface area contributed by atoms with Crippen LogP contribution in [-0.2, 0) is 11.3 Å². The molecule has 0 aromatic carbocycles. The van der Waals surface area contributed by atoms with Crippen LogP contribution >= 0.6 is 11.3 Å². The van der Waals surface area contributed by atoms with Gasteiger partial charge in [0.2, 0.25) is 0 Å². The van der Waals surface area contributed by atoms with E-state index in [-0.39, 0.29) is 6.10 Å². The molecule has 1 aliphatic rings. The molecule has 24 heavy (non-hydrogen) atoms. The summed E-state index contributed by atoms with van der Waals surface area (Å²) in [7, 11) is 0. The highest BCUT2D eigenvalue weighted by Crippen LogP contribution is 2.28. The maximum Gasteiger partial charge on any atom is 0.186 e. The summed E-state index contributed by atoms with van der Waals surface area (Å²) in [6, 6.07) is 3.97. The maximum atomic E-state index is 5.90. The van der Waals surface area contributed by atoms with Crippen LogP contribution in [-0.4, -0.2) is 45.5 Å². The molecule has 1 saturated heterocycles. The molecule has 0 amide bonds. The Hall–Kier alpha value is -2.25. The topological polar surface area (TPSA) is 56.1 Å². The quantitative estimate of drug-likeness (QED) is 0.730. The van der Waals surface area contributed by atoms with Gasteiger partial charge >= 0.3 is 0 Å². The summed E-state index contributed by atoms with van der Waals surface area (Å²) in [4.78, 5) is 11.2. The molecule has 4 rings (SSSR count). The van der Waals surface area contributed by atoms with Crippen molar-refractivity contribution in [2.24, 2.45) is 0 Å². The summed E-state index contributed by atoms with van der Waals surface area (Å²) < 4.78 is 7.85. The minimum absolute atomic E-state index is 0.129. The molecule has 4 heterocycles. The molecule has 1 unspecified atom stereocenters. The first-order chi connectivity index (χ1) is 11.8. The van der Waals surface area contributed by atoms with E-state index in [1.54, 1.807) is 17.5 Å². The monoisotopic (exact) mass is 341 g/mol. The number of morpholine rings is 1. The minimum Gasteiger partial charge on any atom is -0.373 e. The highest BCUT2D eigenvalue weighted by molar-refractivity contribution is 7.14. The van der Waals surface area contributed by atoms with Gasteiger partial charge in [0.25, 0.3) is 0 Å². The van der Waals surface area contributed by atoms with Crippen molar-refractivity contribution in [1.82, 2.24) is 19.7 Å². The first kappa shape index (κ1) is 15.3. The number of aromatic nitrogens is 4. The fourth-order valence-electron chi connectivity index (χ4n) is 2.84. The second kappa shape index (κ2) is 6.70. The SMILES string of the molecule is Cc1cnn(CC2CN(c3nc(-c4cccnc4)cs3)CCO2)c1. The average molecular weight is 341 g/mol. The lowest BCUT2D eigenvalue weighted by Gasteiger charge is -2.32. The Balaban J connectivity index is 1.45. The van der Waals surface area contributed by atoms with E-state index in [2.05, 4.69) is 20.4 Å². The van der Waals surface area contributed by atoms with Gasteiger partial charge in [0.05, 0.1) is 31.1 Å². The van der Waals surface area contributed by atoms with Gasteiger partial charge in [-0.15, -0.1) is 11.3 Å². The van der Waals surface area contributed by atoms with Crippen molar-refractivity contribution in [3.05, 3.63) is 47.9 Å². The van der Waals surface area contributed by atoms with Gasteiger partial charge in [-0.2, -0.15) is 5.10 Å². The number of pyridine rings is 1. The second-order valence-corrected chi connectivity index (χ2v) is 6.77. The number of hydrogen-bond donors (Lipinski definition) is 0. The van der Waals surface area contributed by atoms with Crippen LogP contribution in [0.15, 0.2) is 42.3 Å². The maximum absolute atomic E-state index is 5.90. The van der Waals surface area contributed by atoms with Crippen molar-refractivity contribution >= 4 is 16.5 Å². The van der Waals surface area contributed by atoms with Crippen molar-refractivity contribution in [2.45, 2.75) is 19.6 Å². The van der Waals surface area contributed by atoms with E-state index in [1.165, 1.54) is 5.56 Å². The van der Waals surface area contributed by atoms with Crippen LogP contribution in [0.25, 0.3) is 11.3 Å². The van der Waals surface area contributed by atoms with E-state index in [4.69, 9.17) is 9.72 Å². The lowest BCUT2D eigenvalue weighted by Crippen LogP contribution is -2.44. The molecule has 124 valence electrons. The molecule has 1 fully saturated rings. The number of rotatable bonds is 4. The van der Waals surface area contributed by atoms with Crippen LogP contribution < -0.4 is 4.90 Å². The first-order valence-electron chi connectivity index (χ1n) is 7.99. The third-order valence-electron chi connectivity index (χ3n) is 4.01. The Labute approximate surface area is 144 Å². The van der Waals surface area contributed by atoms with Crippen molar-refractivity contribution in [1.29, 1.82) is 0 Å². The summed E-state index contributed by atoms with van der Waals surface area (Å²) in [6.07, 6.45) is 7.68. The van der Waals surface area contributed by atoms with Gasteiger partial charge in [-0.3, -0.25) is 9.67 Å². The largest absolute Gasteiger partial charge is 0.373 e. The Morgan fingerprint density at radius 1 is 1.38 bits per heavy atom. The zero-order valence-electron chi connectivity index (χ0n) is 13.5. The average Bonchev–Trinajstić information content (AvgIpc) is 3.25. The lowest BCUT2D eigenvalue weighted by molar-refractivity contribution is 0.0274. The second-order valence-electron chi connectivity index (χ2n) is 5.94. The highest BCUT2D eigenvalue weighted by atomic mass is 32.1. The first-order valence-corrected chi connectivity index (χ1v) is 8.87. The van der Waals surface area contributed by atoms with E-state index in [0.29, 0.717) is 6.61 Å². The zero-order valence-corrected chi connectivity index (χ0v) is 14.3. The fourth-order valence-corrected chi connectivity index (χ4v) is 3.71. The number of ether oxygens (including phenoxy) is 1. The van der Waals surface area contributed by atoms with Crippen molar-refractivity contribution in [2.75, 3.05) is 24.6 Å². The molecule has 0 N–H and O–H groups in total. The third-order valence-corrected chi connectivity index (χ3v) is 4.91. The van der Waals surface area contributed by atoms with Crippen LogP contribution in [0, 0.1) is 6.92 Å². The van der Waals surface area contributed by atoms with Crippen LogP contribution in [0.5, 0.6) is 0 Å². The fraction of sp³-hybridized carbons (Fsp3) is 0.353. The van der Waals surface area contributed by atoms with Gasteiger partial charge < -0.3 is 9.64 Å². The normalized spacial score (nSPS) is 18.0. The summed E-state index contributed by atoms with van der Waals surface area (Å²) in [5.41, 5.74) is 3.20. The van der Waals surface area contributed by atoms with Crippen LogP contribution in [0.2, 0.25) is 0 Å². The Bertz CT molecular complexity index is 800. The molecule has 0 bridgehead atoms. The molecule has 0 saturated carbocycles. The van der Waals surface area contributed by atoms with Gasteiger partial charge in [0.1, 0.15) is 0 Å². The summed E-state index contributed by atoms with van der Waals surface area (Å²) in [5, 5.41) is 7.48. The number of anilines is 1. The van der Waals surface area contributed by atoms with Crippen molar-refractivity contribution in [3.8, 4) is 11.3 Å². The zero-order chi connectivity index (χ0) is 16.4. The minimum atomic E-state index is 0.129. The van der Waals surface area contributed by atoms with Crippen LogP contribution in [0.1, 0.15) is 5.56 Å². The number of hydrogen-bond acceptors (Lipinski definition) is 6. The molecule has 7 heteroatoms. The van der Waals surface area contributed by atoms with Gasteiger partial charge in [0, 0.05) is 42.6 Å². The third kappa shape index (κ3) is 3.32. The summed E-state index contributed by atoms with van der Waals surface area (Å²) >= 11 is 1.67. The lowest BCUT2D eigenvalue weighted by atomic mass is 10.2. The van der Waals surface area contributed by atoms with Crippen molar-refractivity contribution < 1.29 is 4.74 Å². The molecule has 6 nitrogen and oxygen atoms in total. The van der Waals surface area contributed by atoms with Gasteiger partial charge in [0.15, 0.2) is 5.13 Å². The van der Waals surface area contributed by atoms with Gasteiger partial charge in [-0.1, -0.05) is 0 Å². The van der Waals surface area contributed by atoms with E-state index >= 15 is 0 Å². The molecule has 0 aliphatic carbocycles. The van der Waals surface area contributed by atoms with E-state index < -0.39 is 0 Å². The van der Waals surface area contributed by atoms with E-state index in [0.717, 1.165) is 36.0 Å². The molecule has 0 radical (unpaired) electrons. The molecule has 1 aliphatic heterocycles. The summed E-state index contributed by atoms with van der Waals surface area (Å²) in [5.74, 6) is 0. The van der Waals surface area contributed by atoms with Crippen LogP contribution in [0.3, 0.4) is 0 Å². The van der Waals surface area contributed by atoms with Crippen LogP contribution in [0.4, 0.5) is 5.13 Å². The molecule has 3 aromatic rings. The Morgan fingerprint density at radius 2 is 2.33 bits per heavy atom. The predicted octanol–water partition coefficient (Wildman–Crippen LogP) is 2.62. The molecular formula is C17H19N5OS. The number of thiazole rings is 1. The summed E-state index contributed by atoms with van der Waals surface area (Å²) in [6.45, 7) is 5.23.